The van der Waals surface area contributed by atoms with Crippen LogP contribution in [0.4, 0.5) is 0 Å². The molecule has 0 heterocycles. The summed E-state index contributed by atoms with van der Waals surface area (Å²) in [6.07, 6.45) is 6.26. The Balaban J connectivity index is 0.000000396. The van der Waals surface area contributed by atoms with Gasteiger partial charge in [0.1, 0.15) is 12.4 Å². The number of ether oxygens (including phenoxy) is 1. The number of carboxylic acid groups (broad SMARTS) is 2. The first-order valence-corrected chi connectivity index (χ1v) is 9.41. The lowest BCUT2D eigenvalue weighted by Gasteiger charge is -2.06. The Labute approximate surface area is 172 Å². The highest BCUT2D eigenvalue weighted by Crippen LogP contribution is 2.15. The number of allylic oxidation sites excluding steroid dienone is 1. The lowest BCUT2D eigenvalue weighted by atomic mass is 10.2. The summed E-state index contributed by atoms with van der Waals surface area (Å²) >= 11 is 0. The van der Waals surface area contributed by atoms with Crippen LogP contribution in [0.2, 0.25) is 0 Å². The average Bonchev–Trinajstić information content (AvgIpc) is 2.71. The normalized spacial score (nSPS) is 10.9. The molecule has 0 spiro atoms. The number of aliphatic carboxylic acids is 2. The number of rotatable bonds is 8. The molecular weight excluding hydrogens is 368 g/mol. The summed E-state index contributed by atoms with van der Waals surface area (Å²) in [4.78, 5) is 20.5. The van der Waals surface area contributed by atoms with Crippen molar-refractivity contribution in [3.8, 4) is 5.75 Å². The fourth-order valence-electron chi connectivity index (χ4n) is 2.14. The monoisotopic (exact) mass is 396 g/mol. The third-order valence-corrected chi connectivity index (χ3v) is 3.90. The van der Waals surface area contributed by atoms with Crippen LogP contribution >= 0.6 is 0 Å². The van der Waals surface area contributed by atoms with E-state index in [9.17, 15) is 9.59 Å². The number of aryl methyl sites for hydroxylation is 1. The van der Waals surface area contributed by atoms with Gasteiger partial charge in [0.05, 0.1) is 0 Å². The predicted octanol–water partition coefficient (Wildman–Crippen LogP) is 5.49. The van der Waals surface area contributed by atoms with Crippen LogP contribution in [-0.4, -0.2) is 22.2 Å². The molecule has 2 aromatic rings. The molecule has 0 aliphatic rings. The zero-order valence-corrected chi connectivity index (χ0v) is 17.1. The Hall–Kier alpha value is -3.34. The molecule has 0 aliphatic heterocycles. The van der Waals surface area contributed by atoms with Crippen molar-refractivity contribution in [1.29, 1.82) is 0 Å². The Morgan fingerprint density at radius 2 is 1.62 bits per heavy atom. The first-order chi connectivity index (χ1) is 13.8. The van der Waals surface area contributed by atoms with Crippen LogP contribution in [-0.2, 0) is 16.2 Å². The van der Waals surface area contributed by atoms with Crippen molar-refractivity contribution in [2.45, 2.75) is 40.2 Å². The first-order valence-electron chi connectivity index (χ1n) is 9.41. The van der Waals surface area contributed by atoms with E-state index in [1.54, 1.807) is 19.1 Å². The largest absolute Gasteiger partial charge is 0.489 e. The number of unbranched alkanes of at least 4 members (excludes halogenated alkanes) is 1. The molecule has 0 aromatic heterocycles. The molecule has 0 amide bonds. The molecule has 0 aliphatic carbocycles. The summed E-state index contributed by atoms with van der Waals surface area (Å²) in [7, 11) is 0. The number of carbonyl (C=O) groups is 2. The molecule has 5 nitrogen and oxygen atoms in total. The van der Waals surface area contributed by atoms with Crippen molar-refractivity contribution in [2.24, 2.45) is 0 Å². The van der Waals surface area contributed by atoms with E-state index in [-0.39, 0.29) is 0 Å². The molecule has 29 heavy (non-hydrogen) atoms. The van der Waals surface area contributed by atoms with Crippen molar-refractivity contribution >= 4 is 18.0 Å². The van der Waals surface area contributed by atoms with E-state index in [0.29, 0.717) is 12.2 Å². The van der Waals surface area contributed by atoms with Crippen LogP contribution in [0.3, 0.4) is 0 Å². The van der Waals surface area contributed by atoms with Crippen molar-refractivity contribution < 1.29 is 24.5 Å². The number of hydrogen-bond donors (Lipinski definition) is 2. The third kappa shape index (κ3) is 10.5. The standard InChI is InChI=1S/C17H16O3.C7H12O2/c1-13-2-4-15(5-3-13)12-20-16-9-6-14(7-10-16)8-11-17(18)19;1-3-4-5-6(2)7(8)9/h2-11H,12H2,1H3,(H,18,19);5H,3-4H2,1-2H3,(H,8,9). The second kappa shape index (κ2) is 12.9. The van der Waals surface area contributed by atoms with Gasteiger partial charge in [0.2, 0.25) is 0 Å². The highest BCUT2D eigenvalue weighted by molar-refractivity contribution is 5.85. The van der Waals surface area contributed by atoms with E-state index in [1.807, 2.05) is 50.2 Å². The van der Waals surface area contributed by atoms with E-state index < -0.39 is 11.9 Å². The van der Waals surface area contributed by atoms with Crippen LogP contribution in [0.5, 0.6) is 5.75 Å². The summed E-state index contributed by atoms with van der Waals surface area (Å²) in [6, 6.07) is 15.5. The molecule has 2 rings (SSSR count). The fraction of sp³-hybridized carbons (Fsp3) is 0.250. The van der Waals surface area contributed by atoms with Crippen molar-refractivity contribution in [1.82, 2.24) is 0 Å². The number of carboxylic acids is 2. The van der Waals surface area contributed by atoms with Crippen LogP contribution in [0.1, 0.15) is 43.4 Å². The highest BCUT2D eigenvalue weighted by atomic mass is 16.5. The lowest BCUT2D eigenvalue weighted by molar-refractivity contribution is -0.133. The maximum Gasteiger partial charge on any atom is 0.330 e. The van der Waals surface area contributed by atoms with Gasteiger partial charge in [0.15, 0.2) is 0 Å². The summed E-state index contributed by atoms with van der Waals surface area (Å²) in [5.41, 5.74) is 3.61. The molecule has 0 fully saturated rings. The van der Waals surface area contributed by atoms with Gasteiger partial charge >= 0.3 is 11.9 Å². The van der Waals surface area contributed by atoms with Gasteiger partial charge < -0.3 is 14.9 Å². The Morgan fingerprint density at radius 1 is 1.00 bits per heavy atom. The van der Waals surface area contributed by atoms with Gasteiger partial charge in [-0.1, -0.05) is 61.4 Å². The van der Waals surface area contributed by atoms with Crippen molar-refractivity contribution in [3.63, 3.8) is 0 Å². The van der Waals surface area contributed by atoms with Crippen LogP contribution < -0.4 is 4.74 Å². The minimum absolute atomic E-state index is 0.442. The molecule has 2 aromatic carbocycles. The van der Waals surface area contributed by atoms with Gasteiger partial charge in [-0.25, -0.2) is 9.59 Å². The van der Waals surface area contributed by atoms with E-state index >= 15 is 0 Å². The van der Waals surface area contributed by atoms with Gasteiger partial charge in [0, 0.05) is 11.6 Å². The molecule has 2 N–H and O–H groups in total. The molecule has 5 heteroatoms. The Kier molecular flexibility index (Phi) is 10.6. The summed E-state index contributed by atoms with van der Waals surface area (Å²) in [6.45, 7) is 6.20. The van der Waals surface area contributed by atoms with Gasteiger partial charge in [-0.15, -0.1) is 0 Å². The number of hydrogen-bond acceptors (Lipinski definition) is 3. The molecule has 154 valence electrons. The molecular formula is C24H28O5. The topological polar surface area (TPSA) is 83.8 Å². The summed E-state index contributed by atoms with van der Waals surface area (Å²) in [5.74, 6) is -1.01. The van der Waals surface area contributed by atoms with E-state index in [4.69, 9.17) is 14.9 Å². The average molecular weight is 396 g/mol. The highest BCUT2D eigenvalue weighted by Gasteiger charge is 1.97. The lowest BCUT2D eigenvalue weighted by Crippen LogP contribution is -1.95. The summed E-state index contributed by atoms with van der Waals surface area (Å²) in [5, 5.41) is 16.9. The third-order valence-electron chi connectivity index (χ3n) is 3.90. The Morgan fingerprint density at radius 3 is 2.14 bits per heavy atom. The smallest absolute Gasteiger partial charge is 0.330 e. The van der Waals surface area contributed by atoms with Crippen molar-refractivity contribution in [2.75, 3.05) is 0 Å². The maximum absolute atomic E-state index is 10.4. The van der Waals surface area contributed by atoms with Crippen LogP contribution in [0.15, 0.2) is 66.3 Å². The summed E-state index contributed by atoms with van der Waals surface area (Å²) < 4.78 is 5.67. The fourth-order valence-corrected chi connectivity index (χ4v) is 2.14. The van der Waals surface area contributed by atoms with Crippen LogP contribution in [0.25, 0.3) is 6.08 Å². The van der Waals surface area contributed by atoms with E-state index in [0.717, 1.165) is 35.8 Å². The molecule has 0 unspecified atom stereocenters. The van der Waals surface area contributed by atoms with Gasteiger partial charge in [-0.05, 0) is 49.6 Å². The van der Waals surface area contributed by atoms with Gasteiger partial charge in [-0.3, -0.25) is 0 Å². The Bertz CT molecular complexity index is 831. The van der Waals surface area contributed by atoms with E-state index in [1.165, 1.54) is 5.56 Å². The van der Waals surface area contributed by atoms with Gasteiger partial charge in [0.25, 0.3) is 0 Å². The van der Waals surface area contributed by atoms with Crippen LogP contribution in [0, 0.1) is 6.92 Å². The second-order valence-corrected chi connectivity index (χ2v) is 6.50. The predicted molar refractivity (Wildman–Crippen MR) is 115 cm³/mol. The minimum atomic E-state index is -0.954. The molecule has 0 atom stereocenters. The molecule has 0 saturated carbocycles. The number of benzene rings is 2. The molecule has 0 bridgehead atoms. The minimum Gasteiger partial charge on any atom is -0.489 e. The van der Waals surface area contributed by atoms with Gasteiger partial charge in [-0.2, -0.15) is 0 Å². The first kappa shape index (κ1) is 23.7. The van der Waals surface area contributed by atoms with E-state index in [2.05, 4.69) is 12.1 Å². The quantitative estimate of drug-likeness (QED) is 0.577. The molecule has 0 saturated heterocycles. The SMILES string of the molecule is CCCC=C(C)C(=O)O.Cc1ccc(COc2ccc(C=CC(=O)O)cc2)cc1. The zero-order chi connectivity index (χ0) is 21.6. The second-order valence-electron chi connectivity index (χ2n) is 6.50. The maximum atomic E-state index is 10.4. The zero-order valence-electron chi connectivity index (χ0n) is 17.1. The molecule has 0 radical (unpaired) electrons. The van der Waals surface area contributed by atoms with Crippen molar-refractivity contribution in [3.05, 3.63) is 82.9 Å².